The third-order valence-corrected chi connectivity index (χ3v) is 7.17. The van der Waals surface area contributed by atoms with Crippen molar-refractivity contribution >= 4 is 39.3 Å². The number of hydrogen-bond acceptors (Lipinski definition) is 5. The fourth-order valence-electron chi connectivity index (χ4n) is 2.80. The topological polar surface area (TPSA) is 96.4 Å². The monoisotopic (exact) mass is 462 g/mol. The van der Waals surface area contributed by atoms with Crippen molar-refractivity contribution in [2.24, 2.45) is 0 Å². The molecule has 0 saturated heterocycles. The van der Waals surface area contributed by atoms with Gasteiger partial charge in [-0.2, -0.15) is 0 Å². The fraction of sp³-hybridized carbons (Fsp3) is 0.143. The van der Waals surface area contributed by atoms with Crippen LogP contribution in [-0.4, -0.2) is 30.9 Å². The van der Waals surface area contributed by atoms with Crippen molar-refractivity contribution in [3.63, 3.8) is 0 Å². The summed E-state index contributed by atoms with van der Waals surface area (Å²) in [6, 6.07) is 13.9. The van der Waals surface area contributed by atoms with E-state index in [0.717, 1.165) is 28.0 Å². The molecule has 0 aliphatic heterocycles. The summed E-state index contributed by atoms with van der Waals surface area (Å²) < 4.78 is 23.4. The van der Waals surface area contributed by atoms with Crippen molar-refractivity contribution in [2.45, 2.75) is 28.3 Å². The van der Waals surface area contributed by atoms with Crippen molar-refractivity contribution in [2.75, 3.05) is 6.26 Å². The molecule has 0 atom stereocenters. The molecule has 3 rings (SSSR count). The van der Waals surface area contributed by atoms with E-state index in [4.69, 9.17) is 16.7 Å². The van der Waals surface area contributed by atoms with Crippen LogP contribution in [0.15, 0.2) is 69.5 Å². The smallest absolute Gasteiger partial charge is 0.404 e. The van der Waals surface area contributed by atoms with Crippen LogP contribution in [0.5, 0.6) is 0 Å². The molecule has 6 nitrogen and oxygen atoms in total. The van der Waals surface area contributed by atoms with Crippen molar-refractivity contribution in [3.05, 3.63) is 70.9 Å². The molecule has 0 spiro atoms. The molecule has 1 amide bonds. The van der Waals surface area contributed by atoms with E-state index in [2.05, 4.69) is 10.3 Å². The third kappa shape index (κ3) is 5.33. The maximum Gasteiger partial charge on any atom is 0.404 e. The molecular weight excluding hydrogens is 444 g/mol. The highest BCUT2D eigenvalue weighted by Crippen LogP contribution is 2.39. The maximum atomic E-state index is 11.7. The standard InChI is InChI=1S/C21H19ClN2O4S2/c1-13-4-3-9-23-20(13)29-19-16(12-24-21(25)26)10-15(11-18(19)22)14-5-7-17(8-6-14)30(2,27)28/h3-11,24H,12H2,1-2H3,(H,25,26). The molecule has 0 saturated carbocycles. The van der Waals surface area contributed by atoms with Crippen LogP contribution in [-0.2, 0) is 16.4 Å². The third-order valence-electron chi connectivity index (χ3n) is 4.33. The molecule has 0 bridgehead atoms. The lowest BCUT2D eigenvalue weighted by Crippen LogP contribution is -2.20. The van der Waals surface area contributed by atoms with Gasteiger partial charge in [0.25, 0.3) is 0 Å². The zero-order valence-electron chi connectivity index (χ0n) is 16.2. The molecule has 30 heavy (non-hydrogen) atoms. The average molecular weight is 463 g/mol. The number of hydrogen-bond donors (Lipinski definition) is 2. The summed E-state index contributed by atoms with van der Waals surface area (Å²) >= 11 is 7.96. The number of aromatic nitrogens is 1. The SMILES string of the molecule is Cc1cccnc1Sc1c(Cl)cc(-c2ccc(S(C)(=O)=O)cc2)cc1CNC(=O)O. The number of halogens is 1. The van der Waals surface area contributed by atoms with Gasteiger partial charge in [-0.1, -0.05) is 41.6 Å². The Bertz CT molecular complexity index is 1200. The van der Waals surface area contributed by atoms with Gasteiger partial charge in [0.15, 0.2) is 9.84 Å². The predicted molar refractivity (Wildman–Crippen MR) is 118 cm³/mol. The van der Waals surface area contributed by atoms with E-state index >= 15 is 0 Å². The Kier molecular flexibility index (Phi) is 6.70. The van der Waals surface area contributed by atoms with Gasteiger partial charge in [-0.3, -0.25) is 0 Å². The Morgan fingerprint density at radius 2 is 1.87 bits per heavy atom. The molecule has 3 aromatic rings. The number of sulfone groups is 1. The number of benzene rings is 2. The normalized spacial score (nSPS) is 11.3. The lowest BCUT2D eigenvalue weighted by molar-refractivity contribution is 0.194. The molecule has 1 aromatic heterocycles. The minimum absolute atomic E-state index is 0.0680. The molecule has 0 unspecified atom stereocenters. The first-order valence-corrected chi connectivity index (χ1v) is 11.9. The molecule has 156 valence electrons. The Morgan fingerprint density at radius 3 is 2.47 bits per heavy atom. The Balaban J connectivity index is 2.04. The van der Waals surface area contributed by atoms with Crippen LogP contribution in [0, 0.1) is 6.92 Å². The van der Waals surface area contributed by atoms with E-state index in [0.29, 0.717) is 15.5 Å². The average Bonchev–Trinajstić information content (AvgIpc) is 2.69. The number of nitrogens with zero attached hydrogens (tertiary/aromatic N) is 1. The zero-order valence-corrected chi connectivity index (χ0v) is 18.6. The first-order valence-electron chi connectivity index (χ1n) is 8.84. The van der Waals surface area contributed by atoms with Crippen molar-refractivity contribution in [3.8, 4) is 11.1 Å². The molecule has 0 aliphatic carbocycles. The van der Waals surface area contributed by atoms with Crippen LogP contribution in [0.2, 0.25) is 5.02 Å². The number of rotatable bonds is 6. The van der Waals surface area contributed by atoms with E-state index in [1.807, 2.05) is 25.1 Å². The Hall–Kier alpha value is -2.55. The first-order chi connectivity index (χ1) is 14.1. The van der Waals surface area contributed by atoms with Gasteiger partial charge in [0.2, 0.25) is 0 Å². The number of pyridine rings is 1. The van der Waals surface area contributed by atoms with Gasteiger partial charge >= 0.3 is 6.09 Å². The van der Waals surface area contributed by atoms with E-state index in [9.17, 15) is 13.2 Å². The fourth-order valence-corrected chi connectivity index (χ4v) is 4.74. The number of nitrogens with one attached hydrogen (secondary N) is 1. The number of carbonyl (C=O) groups is 1. The molecule has 0 aliphatic rings. The van der Waals surface area contributed by atoms with Crippen LogP contribution in [0.4, 0.5) is 4.79 Å². The van der Waals surface area contributed by atoms with E-state index < -0.39 is 15.9 Å². The van der Waals surface area contributed by atoms with Gasteiger partial charge in [0.05, 0.1) is 9.92 Å². The maximum absolute atomic E-state index is 11.7. The lowest BCUT2D eigenvalue weighted by atomic mass is 10.0. The van der Waals surface area contributed by atoms with Gasteiger partial charge in [-0.15, -0.1) is 0 Å². The van der Waals surface area contributed by atoms with E-state index in [1.54, 1.807) is 24.4 Å². The Morgan fingerprint density at radius 1 is 1.17 bits per heavy atom. The largest absolute Gasteiger partial charge is 0.465 e. The second kappa shape index (κ2) is 9.07. The quantitative estimate of drug-likeness (QED) is 0.533. The molecule has 0 fully saturated rings. The predicted octanol–water partition coefficient (Wildman–Crippen LogP) is 5.03. The van der Waals surface area contributed by atoms with Crippen LogP contribution >= 0.6 is 23.4 Å². The molecule has 9 heteroatoms. The van der Waals surface area contributed by atoms with E-state index in [-0.39, 0.29) is 11.4 Å². The van der Waals surface area contributed by atoms with Gasteiger partial charge in [0.1, 0.15) is 5.03 Å². The number of amides is 1. The summed E-state index contributed by atoms with van der Waals surface area (Å²) in [5.41, 5.74) is 3.20. The van der Waals surface area contributed by atoms with Crippen LogP contribution in [0.25, 0.3) is 11.1 Å². The van der Waals surface area contributed by atoms with Gasteiger partial charge in [-0.05, 0) is 59.5 Å². The Labute approximate surface area is 184 Å². The summed E-state index contributed by atoms with van der Waals surface area (Å²) in [6.45, 7) is 2.01. The van der Waals surface area contributed by atoms with Crippen molar-refractivity contribution in [1.29, 1.82) is 0 Å². The minimum atomic E-state index is -3.29. The second-order valence-electron chi connectivity index (χ2n) is 6.63. The molecular formula is C21H19ClN2O4S2. The van der Waals surface area contributed by atoms with E-state index in [1.165, 1.54) is 23.9 Å². The molecule has 2 aromatic carbocycles. The van der Waals surface area contributed by atoms with Gasteiger partial charge in [0, 0.05) is 23.9 Å². The van der Waals surface area contributed by atoms with Gasteiger partial charge in [-0.25, -0.2) is 18.2 Å². The summed E-state index contributed by atoms with van der Waals surface area (Å²) in [7, 11) is -3.29. The highest BCUT2D eigenvalue weighted by Gasteiger charge is 2.15. The molecule has 0 radical (unpaired) electrons. The lowest BCUT2D eigenvalue weighted by Gasteiger charge is -2.15. The zero-order chi connectivity index (χ0) is 21.9. The summed E-state index contributed by atoms with van der Waals surface area (Å²) in [6.07, 6.45) is 1.70. The number of aryl methyl sites for hydroxylation is 1. The second-order valence-corrected chi connectivity index (χ2v) is 10.1. The first kappa shape index (κ1) is 22.1. The highest BCUT2D eigenvalue weighted by atomic mass is 35.5. The van der Waals surface area contributed by atoms with Crippen LogP contribution < -0.4 is 5.32 Å². The molecule has 1 heterocycles. The minimum Gasteiger partial charge on any atom is -0.465 e. The van der Waals surface area contributed by atoms with Crippen molar-refractivity contribution in [1.82, 2.24) is 10.3 Å². The molecule has 2 N–H and O–H groups in total. The summed E-state index contributed by atoms with van der Waals surface area (Å²) in [4.78, 5) is 16.4. The van der Waals surface area contributed by atoms with Crippen LogP contribution in [0.3, 0.4) is 0 Å². The summed E-state index contributed by atoms with van der Waals surface area (Å²) in [5.74, 6) is 0. The summed E-state index contributed by atoms with van der Waals surface area (Å²) in [5, 5.41) is 12.7. The number of carboxylic acid groups (broad SMARTS) is 1. The van der Waals surface area contributed by atoms with Crippen molar-refractivity contribution < 1.29 is 18.3 Å². The van der Waals surface area contributed by atoms with Crippen LogP contribution in [0.1, 0.15) is 11.1 Å². The highest BCUT2D eigenvalue weighted by molar-refractivity contribution is 7.99. The van der Waals surface area contributed by atoms with Gasteiger partial charge < -0.3 is 10.4 Å².